The van der Waals surface area contributed by atoms with Crippen molar-refractivity contribution in [3.63, 3.8) is 0 Å². The third kappa shape index (κ3) is 15.9. The molecule has 0 aliphatic rings. The molecule has 0 aliphatic heterocycles. The van der Waals surface area contributed by atoms with Gasteiger partial charge in [-0.2, -0.15) is 9.98 Å². The van der Waals surface area contributed by atoms with Crippen molar-refractivity contribution in [1.29, 1.82) is 0 Å². The van der Waals surface area contributed by atoms with Crippen molar-refractivity contribution >= 4 is 23.5 Å². The highest BCUT2D eigenvalue weighted by atomic mass is 16.7. The molecule has 2 aromatic rings. The minimum atomic E-state index is -0.750. The van der Waals surface area contributed by atoms with Gasteiger partial charge in [0.25, 0.3) is 0 Å². The van der Waals surface area contributed by atoms with Crippen molar-refractivity contribution in [2.24, 2.45) is 9.98 Å². The number of carbonyl (C=O) groups excluding carboxylic acids is 2. The summed E-state index contributed by atoms with van der Waals surface area (Å²) in [5, 5.41) is 22.4. The number of isocyanates is 2. The summed E-state index contributed by atoms with van der Waals surface area (Å²) in [5.74, 6) is 0. The van der Waals surface area contributed by atoms with E-state index in [9.17, 15) is 9.59 Å². The Morgan fingerprint density at radius 2 is 1.23 bits per heavy atom. The molecule has 0 unspecified atom stereocenters. The molecule has 0 amide bonds. The molecule has 0 bridgehead atoms. The maximum absolute atomic E-state index is 10.2. The van der Waals surface area contributed by atoms with Gasteiger partial charge in [-0.05, 0) is 35.4 Å². The molecule has 9 heteroatoms. The third-order valence-corrected chi connectivity index (χ3v) is 4.03. The highest BCUT2D eigenvalue weighted by molar-refractivity contribution is 5.53. The lowest BCUT2D eigenvalue weighted by molar-refractivity contribution is -0.0238. The van der Waals surface area contributed by atoms with Gasteiger partial charge in [-0.1, -0.05) is 67.0 Å². The van der Waals surface area contributed by atoms with Crippen molar-refractivity contribution in [3.8, 4) is 0 Å². The minimum absolute atomic E-state index is 0. The van der Waals surface area contributed by atoms with Crippen molar-refractivity contribution in [2.45, 2.75) is 41.5 Å². The predicted octanol–water partition coefficient (Wildman–Crippen LogP) is 4.90. The molecular formula is C26H40N2O7. The molecule has 0 fully saturated rings. The number of nitrogens with zero attached hydrogens (tertiary/aromatic N) is 2. The maximum Gasteiger partial charge on any atom is 0.240 e. The number of aliphatic imine (C=N–C) groups is 2. The van der Waals surface area contributed by atoms with E-state index in [0.29, 0.717) is 18.0 Å². The highest BCUT2D eigenvalue weighted by Gasteiger charge is 2.22. The van der Waals surface area contributed by atoms with Crippen LogP contribution in [0, 0.1) is 0 Å². The van der Waals surface area contributed by atoms with Gasteiger partial charge in [0.2, 0.25) is 12.2 Å². The highest BCUT2D eigenvalue weighted by Crippen LogP contribution is 2.33. The van der Waals surface area contributed by atoms with Crippen LogP contribution in [0.1, 0.15) is 47.3 Å². The Hall–Kier alpha value is -3.42. The monoisotopic (exact) mass is 492 g/mol. The van der Waals surface area contributed by atoms with Crippen LogP contribution < -0.4 is 0 Å². The van der Waals surface area contributed by atoms with Gasteiger partial charge in [0.1, 0.15) is 6.79 Å². The summed E-state index contributed by atoms with van der Waals surface area (Å²) < 4.78 is 9.25. The van der Waals surface area contributed by atoms with Crippen LogP contribution in [0.2, 0.25) is 0 Å². The Labute approximate surface area is 209 Å². The summed E-state index contributed by atoms with van der Waals surface area (Å²) in [6, 6.07) is 14.9. The molecule has 0 saturated carbocycles. The van der Waals surface area contributed by atoms with E-state index in [0.717, 1.165) is 11.1 Å². The third-order valence-electron chi connectivity index (χ3n) is 4.03. The van der Waals surface area contributed by atoms with Crippen LogP contribution in [0.25, 0.3) is 0 Å². The summed E-state index contributed by atoms with van der Waals surface area (Å²) >= 11 is 0. The van der Waals surface area contributed by atoms with E-state index < -0.39 is 6.79 Å². The first kappa shape index (κ1) is 38.8. The Morgan fingerprint density at radius 3 is 1.51 bits per heavy atom. The molecule has 2 aromatic carbocycles. The van der Waals surface area contributed by atoms with Crippen LogP contribution >= 0.6 is 0 Å². The minimum Gasteiger partial charge on any atom is -0.476 e. The van der Waals surface area contributed by atoms with Crippen LogP contribution in [-0.2, 0) is 24.5 Å². The van der Waals surface area contributed by atoms with Gasteiger partial charge in [-0.3, -0.25) is 0 Å². The van der Waals surface area contributed by atoms with Gasteiger partial charge in [-0.25, -0.2) is 9.59 Å². The van der Waals surface area contributed by atoms with E-state index in [4.69, 9.17) is 15.3 Å². The van der Waals surface area contributed by atoms with Crippen LogP contribution in [0.15, 0.2) is 71.4 Å². The Kier molecular flexibility index (Phi) is 26.3. The largest absolute Gasteiger partial charge is 0.476 e. The number of aliphatic hydroxyl groups is 3. The number of benzene rings is 2. The molecule has 0 aromatic heterocycles. The molecule has 0 aliphatic carbocycles. The summed E-state index contributed by atoms with van der Waals surface area (Å²) in [4.78, 5) is 27.6. The van der Waals surface area contributed by atoms with Crippen molar-refractivity contribution < 1.29 is 34.4 Å². The van der Waals surface area contributed by atoms with Crippen LogP contribution in [-0.4, -0.2) is 54.3 Å². The van der Waals surface area contributed by atoms with E-state index in [2.05, 4.69) is 39.9 Å². The number of aliphatic hydroxyl groups excluding tert-OH is 2. The number of hydrogen-bond acceptors (Lipinski definition) is 9. The Balaban J connectivity index is -0.000000293. The summed E-state index contributed by atoms with van der Waals surface area (Å²) in [6.45, 7) is 7.26. The molecule has 0 saturated heterocycles. The zero-order chi connectivity index (χ0) is 24.2. The number of hydrogen-bond donors (Lipinski definition) is 3. The molecule has 0 spiro atoms. The fraction of sp³-hybridized carbons (Fsp3) is 0.385. The molecule has 0 radical (unpaired) electrons. The van der Waals surface area contributed by atoms with Crippen molar-refractivity contribution in [3.05, 3.63) is 72.5 Å². The van der Waals surface area contributed by atoms with Crippen LogP contribution in [0.4, 0.5) is 11.4 Å². The molecular weight excluding hydrogens is 452 g/mol. The second kappa shape index (κ2) is 23.7. The van der Waals surface area contributed by atoms with Gasteiger partial charge >= 0.3 is 0 Å². The van der Waals surface area contributed by atoms with E-state index in [-0.39, 0.29) is 41.1 Å². The molecule has 9 nitrogen and oxygen atoms in total. The van der Waals surface area contributed by atoms with Crippen LogP contribution in [0.3, 0.4) is 0 Å². The maximum atomic E-state index is 10.2. The van der Waals surface area contributed by atoms with Crippen molar-refractivity contribution in [1.82, 2.24) is 0 Å². The molecule has 0 atom stereocenters. The molecule has 2 rings (SSSR count). The summed E-state index contributed by atoms with van der Waals surface area (Å²) in [6.07, 6.45) is 4.34. The van der Waals surface area contributed by atoms with Gasteiger partial charge in [-0.15, -0.1) is 0 Å². The quantitative estimate of drug-likeness (QED) is 0.149. The fourth-order valence-corrected chi connectivity index (χ4v) is 2.40. The predicted molar refractivity (Wildman–Crippen MR) is 139 cm³/mol. The lowest BCUT2D eigenvalue weighted by atomic mass is 9.78. The molecule has 35 heavy (non-hydrogen) atoms. The normalized spacial score (nSPS) is 8.71. The van der Waals surface area contributed by atoms with Gasteiger partial charge in [0.15, 0.2) is 6.79 Å². The van der Waals surface area contributed by atoms with E-state index in [1.54, 1.807) is 24.3 Å². The first-order valence-electron chi connectivity index (χ1n) is 9.40. The second-order valence-electron chi connectivity index (χ2n) is 6.35. The zero-order valence-electron chi connectivity index (χ0n) is 18.1. The van der Waals surface area contributed by atoms with Gasteiger partial charge in [0, 0.05) is 5.41 Å². The first-order chi connectivity index (χ1) is 15.4. The van der Waals surface area contributed by atoms with Gasteiger partial charge < -0.3 is 24.8 Å². The molecule has 196 valence electrons. The zero-order valence-corrected chi connectivity index (χ0v) is 18.1. The first-order valence-corrected chi connectivity index (χ1v) is 9.40. The van der Waals surface area contributed by atoms with E-state index in [1.807, 2.05) is 24.3 Å². The topological polar surface area (TPSA) is 138 Å². The standard InChI is InChI=1S/C17H14N2O2.C5H10O3.CH4O2.3CH4/c1-17(2,13-3-7-15(8-4-13)18-11-20)14-5-9-16(10-6-14)19-12-21;1-2-7-5-8-4-3-6;2-1-3;;;/h3-10H,1-2H3;2,6H,1,3-5H2;2-3H,1H2;3*1H4. The fourth-order valence-electron chi connectivity index (χ4n) is 2.40. The van der Waals surface area contributed by atoms with Crippen LogP contribution in [0.5, 0.6) is 0 Å². The molecule has 0 heterocycles. The summed E-state index contributed by atoms with van der Waals surface area (Å²) in [7, 11) is 0. The second-order valence-corrected chi connectivity index (χ2v) is 6.35. The SMILES string of the molecule is C.C.C.C=COCOCCO.CC(C)(c1ccc(N=C=O)cc1)c1ccc(N=C=O)cc1.OCO. The Morgan fingerprint density at radius 1 is 0.857 bits per heavy atom. The number of ether oxygens (including phenoxy) is 2. The average Bonchev–Trinajstić information content (AvgIpc) is 2.79. The molecule has 3 N–H and O–H groups in total. The lowest BCUT2D eigenvalue weighted by Gasteiger charge is -2.26. The van der Waals surface area contributed by atoms with Gasteiger partial charge in [0.05, 0.1) is 30.9 Å². The van der Waals surface area contributed by atoms with E-state index >= 15 is 0 Å². The average molecular weight is 493 g/mol. The lowest BCUT2D eigenvalue weighted by Crippen LogP contribution is -2.18. The van der Waals surface area contributed by atoms with E-state index in [1.165, 1.54) is 18.4 Å². The smallest absolute Gasteiger partial charge is 0.240 e. The summed E-state index contributed by atoms with van der Waals surface area (Å²) in [5.41, 5.74) is 3.14. The van der Waals surface area contributed by atoms with Crippen molar-refractivity contribution in [2.75, 3.05) is 26.8 Å². The Bertz CT molecular complexity index is 806. The number of rotatable bonds is 9.